The molecular formula is C26H26F3N5O3. The number of aliphatic carboxylic acids is 1. The summed E-state index contributed by atoms with van der Waals surface area (Å²) in [5, 5.41) is 10.1. The minimum absolute atomic E-state index is 0.165. The van der Waals surface area contributed by atoms with Crippen molar-refractivity contribution in [2.45, 2.75) is 25.4 Å². The van der Waals surface area contributed by atoms with Gasteiger partial charge in [-0.2, -0.15) is 13.2 Å². The molecule has 1 fully saturated rings. The summed E-state index contributed by atoms with van der Waals surface area (Å²) in [7, 11) is 0. The summed E-state index contributed by atoms with van der Waals surface area (Å²) >= 11 is 0. The fourth-order valence-electron chi connectivity index (χ4n) is 4.33. The van der Waals surface area contributed by atoms with Crippen molar-refractivity contribution in [3.05, 3.63) is 77.9 Å². The van der Waals surface area contributed by atoms with Crippen molar-refractivity contribution in [1.82, 2.24) is 9.97 Å². The molecule has 194 valence electrons. The number of hydrogen-bond acceptors (Lipinski definition) is 6. The number of alkyl halides is 3. The van der Waals surface area contributed by atoms with Crippen LogP contribution in [0.25, 0.3) is 0 Å². The highest BCUT2D eigenvalue weighted by Gasteiger charge is 2.38. The molecule has 8 nitrogen and oxygen atoms in total. The van der Waals surface area contributed by atoms with E-state index in [9.17, 15) is 18.0 Å². The Balaban J connectivity index is 0.000000405. The van der Waals surface area contributed by atoms with Gasteiger partial charge < -0.3 is 20.2 Å². The van der Waals surface area contributed by atoms with Crippen molar-refractivity contribution in [2.24, 2.45) is 0 Å². The van der Waals surface area contributed by atoms with E-state index in [0.29, 0.717) is 5.69 Å². The molecule has 1 saturated heterocycles. The minimum Gasteiger partial charge on any atom is -0.475 e. The molecule has 11 heteroatoms. The van der Waals surface area contributed by atoms with Crippen molar-refractivity contribution in [3.8, 4) is 0 Å². The number of aryl methyl sites for hydroxylation is 2. The van der Waals surface area contributed by atoms with Crippen LogP contribution in [0.5, 0.6) is 0 Å². The largest absolute Gasteiger partial charge is 0.490 e. The van der Waals surface area contributed by atoms with Crippen molar-refractivity contribution in [1.29, 1.82) is 0 Å². The van der Waals surface area contributed by atoms with Gasteiger partial charge in [-0.1, -0.05) is 6.07 Å². The molecule has 0 spiro atoms. The lowest BCUT2D eigenvalue weighted by molar-refractivity contribution is -0.192. The predicted molar refractivity (Wildman–Crippen MR) is 133 cm³/mol. The number of amides is 1. The monoisotopic (exact) mass is 513 g/mol. The van der Waals surface area contributed by atoms with Gasteiger partial charge in [0, 0.05) is 49.9 Å². The molecule has 0 unspecified atom stereocenters. The summed E-state index contributed by atoms with van der Waals surface area (Å²) in [4.78, 5) is 34.7. The number of halogens is 3. The van der Waals surface area contributed by atoms with Crippen molar-refractivity contribution in [2.75, 3.05) is 41.3 Å². The highest BCUT2D eigenvalue weighted by molar-refractivity contribution is 6.03. The normalized spacial score (nSPS) is 14.9. The van der Waals surface area contributed by atoms with Gasteiger partial charge in [0.05, 0.1) is 11.9 Å². The number of hydrogen-bond donors (Lipinski definition) is 2. The second-order valence-electron chi connectivity index (χ2n) is 8.68. The number of nitrogens with zero attached hydrogens (tertiary/aromatic N) is 4. The van der Waals surface area contributed by atoms with Crippen LogP contribution < -0.4 is 15.1 Å². The van der Waals surface area contributed by atoms with Gasteiger partial charge in [0.1, 0.15) is 5.69 Å². The number of benzene rings is 1. The smallest absolute Gasteiger partial charge is 0.475 e. The van der Waals surface area contributed by atoms with E-state index >= 15 is 0 Å². The van der Waals surface area contributed by atoms with Gasteiger partial charge in [-0.05, 0) is 66.8 Å². The number of aromatic nitrogens is 2. The average molecular weight is 514 g/mol. The molecule has 37 heavy (non-hydrogen) atoms. The van der Waals surface area contributed by atoms with Gasteiger partial charge in [0.15, 0.2) is 0 Å². The van der Waals surface area contributed by atoms with Crippen molar-refractivity contribution < 1.29 is 27.9 Å². The van der Waals surface area contributed by atoms with E-state index < -0.39 is 12.1 Å². The zero-order valence-corrected chi connectivity index (χ0v) is 19.9. The van der Waals surface area contributed by atoms with E-state index in [-0.39, 0.29) is 5.91 Å². The van der Waals surface area contributed by atoms with Crippen LogP contribution in [-0.4, -0.2) is 59.3 Å². The van der Waals surface area contributed by atoms with Gasteiger partial charge in [-0.25, -0.2) is 9.78 Å². The average Bonchev–Trinajstić information content (AvgIpc) is 3.37. The van der Waals surface area contributed by atoms with E-state index in [1.165, 1.54) is 23.2 Å². The number of anilines is 3. The molecule has 2 N–H and O–H groups in total. The summed E-state index contributed by atoms with van der Waals surface area (Å²) in [5.41, 5.74) is 6.30. The molecule has 1 aromatic carbocycles. The van der Waals surface area contributed by atoms with E-state index in [0.717, 1.165) is 50.4 Å². The number of pyridine rings is 2. The lowest BCUT2D eigenvalue weighted by Crippen LogP contribution is -2.46. The molecule has 1 amide bonds. The predicted octanol–water partition coefficient (Wildman–Crippen LogP) is 4.18. The highest BCUT2D eigenvalue weighted by Crippen LogP contribution is 2.25. The second kappa shape index (κ2) is 11.3. The van der Waals surface area contributed by atoms with Gasteiger partial charge in [0.25, 0.3) is 5.91 Å². The van der Waals surface area contributed by atoms with Gasteiger partial charge in [0.2, 0.25) is 0 Å². The third-order valence-electron chi connectivity index (χ3n) is 6.25. The molecule has 1 aliphatic heterocycles. The second-order valence-corrected chi connectivity index (χ2v) is 8.68. The Kier molecular flexibility index (Phi) is 7.90. The Labute approximate surface area is 211 Å². The Morgan fingerprint density at radius 2 is 1.49 bits per heavy atom. The van der Waals surface area contributed by atoms with E-state index in [4.69, 9.17) is 9.90 Å². The quantitative estimate of drug-likeness (QED) is 0.540. The fourth-order valence-corrected chi connectivity index (χ4v) is 4.33. The first-order valence-corrected chi connectivity index (χ1v) is 11.8. The lowest BCUT2D eigenvalue weighted by atomic mass is 10.1. The molecular weight excluding hydrogens is 487 g/mol. The number of piperazine rings is 1. The Morgan fingerprint density at radius 3 is 2.08 bits per heavy atom. The van der Waals surface area contributed by atoms with Crippen molar-refractivity contribution >= 4 is 28.9 Å². The first-order valence-electron chi connectivity index (χ1n) is 11.8. The molecule has 0 atom stereocenters. The van der Waals surface area contributed by atoms with Crippen LogP contribution in [0.3, 0.4) is 0 Å². The molecule has 1 aliphatic carbocycles. The minimum atomic E-state index is -5.08. The molecule has 0 saturated carbocycles. The Hall–Kier alpha value is -4.15. The molecule has 0 bridgehead atoms. The van der Waals surface area contributed by atoms with Crippen LogP contribution in [-0.2, 0) is 17.6 Å². The highest BCUT2D eigenvalue weighted by atomic mass is 19.4. The van der Waals surface area contributed by atoms with Gasteiger partial charge in [-0.15, -0.1) is 0 Å². The number of fused-ring (bicyclic) bond motifs is 1. The van der Waals surface area contributed by atoms with E-state index in [1.807, 2.05) is 42.7 Å². The van der Waals surface area contributed by atoms with Crippen molar-refractivity contribution in [3.63, 3.8) is 0 Å². The Bertz CT molecular complexity index is 1230. The fraction of sp³-hybridized carbons (Fsp3) is 0.308. The number of nitrogens with one attached hydrogen (secondary N) is 1. The van der Waals surface area contributed by atoms with Gasteiger partial charge in [-0.3, -0.25) is 9.78 Å². The zero-order chi connectivity index (χ0) is 26.4. The maximum absolute atomic E-state index is 12.6. The van der Waals surface area contributed by atoms with Crippen LogP contribution in [0.2, 0.25) is 0 Å². The van der Waals surface area contributed by atoms with Gasteiger partial charge >= 0.3 is 12.1 Å². The number of rotatable bonds is 4. The standard InChI is InChI=1S/C24H25N5O.C2HF3O2/c30-24(27-20-5-4-18-2-1-3-19(18)16-20)23-7-6-22(17-26-23)29-14-12-28(13-15-29)21-8-10-25-11-9-21;3-2(4,5)1(6)7/h4-11,16-17H,1-3,12-15H2,(H,27,30);(H,6,7). The molecule has 3 heterocycles. The summed E-state index contributed by atoms with van der Waals surface area (Å²) in [5.74, 6) is -2.92. The van der Waals surface area contributed by atoms with E-state index in [2.05, 4.69) is 37.2 Å². The van der Waals surface area contributed by atoms with Crippen LogP contribution in [0.4, 0.5) is 30.2 Å². The molecule has 2 aromatic heterocycles. The maximum Gasteiger partial charge on any atom is 0.490 e. The van der Waals surface area contributed by atoms with Crippen LogP contribution in [0.15, 0.2) is 61.1 Å². The maximum atomic E-state index is 12.6. The summed E-state index contributed by atoms with van der Waals surface area (Å²) in [6, 6.07) is 14.1. The van der Waals surface area contributed by atoms with Crippen LogP contribution in [0.1, 0.15) is 28.0 Å². The first-order chi connectivity index (χ1) is 17.7. The number of carboxylic acid groups (broad SMARTS) is 1. The molecule has 5 rings (SSSR count). The summed E-state index contributed by atoms with van der Waals surface area (Å²) < 4.78 is 31.7. The topological polar surface area (TPSA) is 98.7 Å². The number of carbonyl (C=O) groups excluding carboxylic acids is 1. The SMILES string of the molecule is O=C(Nc1ccc2c(c1)CCC2)c1ccc(N2CCN(c3ccncc3)CC2)cn1.O=C(O)C(F)(F)F. The molecule has 0 radical (unpaired) electrons. The third kappa shape index (κ3) is 6.75. The summed E-state index contributed by atoms with van der Waals surface area (Å²) in [6.07, 6.45) is 3.83. The summed E-state index contributed by atoms with van der Waals surface area (Å²) in [6.45, 7) is 3.74. The zero-order valence-electron chi connectivity index (χ0n) is 19.9. The van der Waals surface area contributed by atoms with Crippen LogP contribution >= 0.6 is 0 Å². The van der Waals surface area contributed by atoms with Crippen LogP contribution in [0, 0.1) is 0 Å². The lowest BCUT2D eigenvalue weighted by Gasteiger charge is -2.37. The number of carbonyl (C=O) groups is 2. The molecule has 2 aliphatic rings. The van der Waals surface area contributed by atoms with E-state index in [1.54, 1.807) is 6.20 Å². The Morgan fingerprint density at radius 1 is 0.865 bits per heavy atom. The number of carboxylic acids is 1. The third-order valence-corrected chi connectivity index (χ3v) is 6.25. The molecule has 3 aromatic rings. The first kappa shape index (κ1) is 25.9.